The third kappa shape index (κ3) is 5.95. The maximum Gasteiger partial charge on any atom is 0.407 e. The fourth-order valence-corrected chi connectivity index (χ4v) is 8.58. The van der Waals surface area contributed by atoms with Crippen molar-refractivity contribution >= 4 is 55.6 Å². The number of fused-ring (bicyclic) bond motifs is 6. The van der Waals surface area contributed by atoms with E-state index >= 15 is 0 Å². The van der Waals surface area contributed by atoms with E-state index in [9.17, 15) is 9.59 Å². The number of ether oxygens (including phenoxy) is 2. The molecule has 270 valence electrons. The molecule has 11 heteroatoms. The number of imidazole rings is 2. The summed E-state index contributed by atoms with van der Waals surface area (Å²) in [5.41, 5.74) is 6.15. The topological polar surface area (TPSA) is 128 Å². The second-order valence-electron chi connectivity index (χ2n) is 15.1. The molecular weight excluding hydrogens is 654 g/mol. The summed E-state index contributed by atoms with van der Waals surface area (Å²) < 4.78 is 10.3. The van der Waals surface area contributed by atoms with Crippen LogP contribution >= 0.6 is 0 Å². The first-order valence-electron chi connectivity index (χ1n) is 18.3. The van der Waals surface area contributed by atoms with Gasteiger partial charge < -0.3 is 29.7 Å². The van der Waals surface area contributed by atoms with E-state index in [1.54, 1.807) is 7.11 Å². The van der Waals surface area contributed by atoms with Gasteiger partial charge in [0.2, 0.25) is 5.91 Å². The van der Waals surface area contributed by atoms with Crippen molar-refractivity contribution in [2.45, 2.75) is 64.2 Å². The summed E-state index contributed by atoms with van der Waals surface area (Å²) in [7, 11) is 5.25. The Morgan fingerprint density at radius 1 is 0.865 bits per heavy atom. The molecule has 0 aliphatic carbocycles. The normalized spacial score (nSPS) is 21.6. The molecule has 0 bridgehead atoms. The van der Waals surface area contributed by atoms with E-state index in [1.807, 2.05) is 18.7 Å². The van der Waals surface area contributed by atoms with Crippen LogP contribution < -0.4 is 5.32 Å². The highest BCUT2D eigenvalue weighted by atomic mass is 16.5. The molecule has 3 N–H and O–H groups in total. The summed E-state index contributed by atoms with van der Waals surface area (Å²) in [6, 6.07) is 21.0. The van der Waals surface area contributed by atoms with Gasteiger partial charge in [-0.1, -0.05) is 50.2 Å². The number of carbonyl (C=O) groups excluding carboxylic acids is 2. The maximum absolute atomic E-state index is 13.9. The minimum absolute atomic E-state index is 0.0155. The van der Waals surface area contributed by atoms with Crippen molar-refractivity contribution in [3.05, 3.63) is 72.3 Å². The highest BCUT2D eigenvalue weighted by Crippen LogP contribution is 2.39. The lowest BCUT2D eigenvalue weighted by molar-refractivity contribution is -0.137. The molecule has 11 nitrogen and oxygen atoms in total. The van der Waals surface area contributed by atoms with E-state index in [0.29, 0.717) is 5.92 Å². The minimum Gasteiger partial charge on any atom is -0.453 e. The first kappa shape index (κ1) is 34.1. The van der Waals surface area contributed by atoms with E-state index in [0.717, 1.165) is 98.8 Å². The molecule has 2 saturated heterocycles. The first-order valence-corrected chi connectivity index (χ1v) is 18.3. The van der Waals surface area contributed by atoms with Gasteiger partial charge in [0.15, 0.2) is 0 Å². The summed E-state index contributed by atoms with van der Waals surface area (Å²) >= 11 is 0. The van der Waals surface area contributed by atoms with Crippen LogP contribution in [0.25, 0.3) is 54.7 Å². The number of benzene rings is 4. The minimum atomic E-state index is -0.690. The molecule has 0 radical (unpaired) electrons. The van der Waals surface area contributed by atoms with Crippen LogP contribution in [0.15, 0.2) is 60.7 Å². The monoisotopic (exact) mass is 701 g/mol. The molecule has 6 aromatic rings. The highest BCUT2D eigenvalue weighted by Gasteiger charge is 2.41. The third-order valence-corrected chi connectivity index (χ3v) is 11.3. The van der Waals surface area contributed by atoms with Crippen molar-refractivity contribution in [2.75, 3.05) is 34.4 Å². The summed E-state index contributed by atoms with van der Waals surface area (Å²) in [4.78, 5) is 47.6. The molecule has 2 aromatic heterocycles. The second kappa shape index (κ2) is 13.5. The van der Waals surface area contributed by atoms with Crippen LogP contribution in [0.1, 0.15) is 63.8 Å². The summed E-state index contributed by atoms with van der Waals surface area (Å²) in [5, 5.41) is 7.18. The van der Waals surface area contributed by atoms with Gasteiger partial charge in [-0.2, -0.15) is 0 Å². The summed E-state index contributed by atoms with van der Waals surface area (Å²) in [5.74, 6) is 2.08. The Bertz CT molecular complexity index is 2310. The van der Waals surface area contributed by atoms with Crippen molar-refractivity contribution in [3.8, 4) is 11.1 Å². The zero-order valence-electron chi connectivity index (χ0n) is 30.7. The van der Waals surface area contributed by atoms with Gasteiger partial charge in [0.1, 0.15) is 17.7 Å². The molecule has 2 aliphatic rings. The lowest BCUT2D eigenvalue weighted by Crippen LogP contribution is -2.52. The number of hydrogen-bond donors (Lipinski definition) is 3. The summed E-state index contributed by atoms with van der Waals surface area (Å²) in [6.07, 6.45) is 2.07. The fraction of sp³-hybridized carbons (Fsp3) is 0.415. The van der Waals surface area contributed by atoms with E-state index < -0.39 is 12.1 Å². The Labute approximate surface area is 303 Å². The smallest absolute Gasteiger partial charge is 0.407 e. The van der Waals surface area contributed by atoms with Gasteiger partial charge in [0.25, 0.3) is 0 Å². The molecular formula is C41H47N7O4. The number of aromatic nitrogens is 4. The second-order valence-corrected chi connectivity index (χ2v) is 15.1. The lowest BCUT2D eigenvalue weighted by atomic mass is 9.98. The predicted octanol–water partition coefficient (Wildman–Crippen LogP) is 7.48. The van der Waals surface area contributed by atoms with Gasteiger partial charge >= 0.3 is 6.09 Å². The molecule has 52 heavy (non-hydrogen) atoms. The van der Waals surface area contributed by atoms with E-state index in [1.165, 1.54) is 7.11 Å². The Hall–Kier alpha value is -5.00. The van der Waals surface area contributed by atoms with E-state index in [4.69, 9.17) is 19.4 Å². The number of nitrogens with zero attached hydrogens (tertiary/aromatic N) is 4. The Balaban J connectivity index is 1.08. The first-order chi connectivity index (χ1) is 25.1. The molecule has 2 fully saturated rings. The Kier molecular flexibility index (Phi) is 8.87. The zero-order valence-corrected chi connectivity index (χ0v) is 30.7. The average molecular weight is 702 g/mol. The maximum atomic E-state index is 13.9. The molecule has 8 rings (SSSR count). The third-order valence-electron chi connectivity index (χ3n) is 11.3. The van der Waals surface area contributed by atoms with Crippen molar-refractivity contribution < 1.29 is 19.1 Å². The van der Waals surface area contributed by atoms with Gasteiger partial charge in [-0.05, 0) is 91.2 Å². The van der Waals surface area contributed by atoms with Crippen LogP contribution in [-0.4, -0.2) is 88.2 Å². The number of carbonyl (C=O) groups is 2. The molecule has 0 spiro atoms. The molecule has 2 amide bonds. The molecule has 5 unspecified atom stereocenters. The van der Waals surface area contributed by atoms with Crippen molar-refractivity contribution in [1.82, 2.24) is 35.1 Å². The number of hydrogen-bond acceptors (Lipinski definition) is 7. The Morgan fingerprint density at radius 2 is 1.46 bits per heavy atom. The quantitative estimate of drug-likeness (QED) is 0.150. The largest absolute Gasteiger partial charge is 0.453 e. The van der Waals surface area contributed by atoms with Crippen LogP contribution in [0, 0.1) is 11.8 Å². The highest BCUT2D eigenvalue weighted by molar-refractivity contribution is 6.07. The number of amides is 2. The van der Waals surface area contributed by atoms with E-state index in [2.05, 4.69) is 94.8 Å². The number of methoxy groups -OCH3 is 2. The van der Waals surface area contributed by atoms with Crippen molar-refractivity contribution in [1.29, 1.82) is 0 Å². The van der Waals surface area contributed by atoms with E-state index in [-0.39, 0.29) is 30.0 Å². The molecule has 4 heterocycles. The number of alkyl carbamates (subject to hydrolysis) is 1. The van der Waals surface area contributed by atoms with Gasteiger partial charge in [0.05, 0.1) is 47.9 Å². The SMILES string of the molecule is COCC1CC(c2nc3c(ccc4cc(-c5ccc6c(ccc7[nH]c(C8CCC(C)N8C(=O)C(NC(=O)OC)C(C)C)nc76)c5)ccc43)[nH]2)N(C)C1. The average Bonchev–Trinajstić information content (AvgIpc) is 3.94. The van der Waals surface area contributed by atoms with Crippen LogP contribution in [0.4, 0.5) is 4.79 Å². The van der Waals surface area contributed by atoms with Gasteiger partial charge in [-0.25, -0.2) is 14.8 Å². The van der Waals surface area contributed by atoms with Crippen molar-refractivity contribution in [2.24, 2.45) is 11.8 Å². The number of H-pyrrole nitrogens is 2. The van der Waals surface area contributed by atoms with Gasteiger partial charge in [-0.3, -0.25) is 9.69 Å². The van der Waals surface area contributed by atoms with Crippen LogP contribution in [0.2, 0.25) is 0 Å². The molecule has 5 atom stereocenters. The lowest BCUT2D eigenvalue weighted by Gasteiger charge is -2.32. The molecule has 2 aliphatic heterocycles. The number of nitrogens with one attached hydrogen (secondary N) is 3. The van der Waals surface area contributed by atoms with Crippen molar-refractivity contribution in [3.63, 3.8) is 0 Å². The number of aromatic amines is 2. The van der Waals surface area contributed by atoms with Crippen LogP contribution in [-0.2, 0) is 14.3 Å². The van der Waals surface area contributed by atoms with Crippen LogP contribution in [0.5, 0.6) is 0 Å². The Morgan fingerprint density at radius 3 is 2.02 bits per heavy atom. The fourth-order valence-electron chi connectivity index (χ4n) is 8.58. The predicted molar refractivity (Wildman–Crippen MR) is 204 cm³/mol. The van der Waals surface area contributed by atoms with Crippen LogP contribution in [0.3, 0.4) is 0 Å². The number of likely N-dealkylation sites (tertiary alicyclic amines) is 2. The zero-order chi connectivity index (χ0) is 36.3. The van der Waals surface area contributed by atoms with Gasteiger partial charge in [-0.15, -0.1) is 0 Å². The molecule has 0 saturated carbocycles. The van der Waals surface area contributed by atoms with Gasteiger partial charge in [0, 0.05) is 30.5 Å². The number of rotatable bonds is 8. The molecule has 4 aromatic carbocycles. The standard InChI is InChI=1S/C41H47N7O4/c1-22(2)35(46-41(50)52-6)40(49)48-23(3)7-16-33(48)38-42-31-14-10-27-18-25(8-12-29(27)36(31)44-38)26-9-13-30-28(19-26)11-15-32-37(30)45-39(43-32)34-17-24(21-51-5)20-47(34)4/h8-15,18-19,22-24,33-35H,7,16-17,20-21H2,1-6H3,(H,42,44)(H,43,45)(H,46,50). The summed E-state index contributed by atoms with van der Waals surface area (Å²) in [6.45, 7) is 7.69.